The summed E-state index contributed by atoms with van der Waals surface area (Å²) >= 11 is 0. The number of hydrogen-bond acceptors (Lipinski definition) is 3. The number of rotatable bonds is 4. The fraction of sp³-hybridized carbons (Fsp3) is 0.625. The van der Waals surface area contributed by atoms with E-state index in [0.717, 1.165) is 6.42 Å². The number of benzene rings is 1. The summed E-state index contributed by atoms with van der Waals surface area (Å²) in [6.07, 6.45) is 1.04. The van der Waals surface area contributed by atoms with Crippen LogP contribution < -0.4 is 0 Å². The van der Waals surface area contributed by atoms with Crippen LogP contribution in [0.2, 0.25) is 0 Å². The first-order valence-corrected chi connectivity index (χ1v) is 6.88. The largest absolute Gasteiger partial charge is 0.374 e. The Balaban J connectivity index is 1.87. The number of hydrogen-bond donors (Lipinski definition) is 0. The quantitative estimate of drug-likeness (QED) is 0.832. The second-order valence-corrected chi connectivity index (χ2v) is 6.06. The van der Waals surface area contributed by atoms with E-state index in [4.69, 9.17) is 14.2 Å². The Morgan fingerprint density at radius 2 is 1.89 bits per heavy atom. The average Bonchev–Trinajstić information content (AvgIpc) is 2.26. The van der Waals surface area contributed by atoms with Gasteiger partial charge in [-0.25, -0.2) is 0 Å². The number of ether oxygens (including phenoxy) is 3. The Labute approximate surface area is 115 Å². The maximum atomic E-state index is 6.02. The second-order valence-electron chi connectivity index (χ2n) is 6.06. The molecule has 2 rings (SSSR count). The molecule has 1 fully saturated rings. The van der Waals surface area contributed by atoms with Crippen LogP contribution in [0.25, 0.3) is 0 Å². The molecule has 0 unspecified atom stereocenters. The Morgan fingerprint density at radius 3 is 2.53 bits per heavy atom. The molecule has 1 aromatic carbocycles. The molecular formula is C16H24O3. The first-order chi connectivity index (χ1) is 8.89. The van der Waals surface area contributed by atoms with E-state index in [1.165, 1.54) is 5.56 Å². The molecule has 1 aliphatic rings. The molecular weight excluding hydrogens is 240 g/mol. The molecule has 3 heteroatoms. The molecule has 0 spiro atoms. The standard InChI is InChI=1S/C16H24O3/c1-13-10-16(4,19-15(2,3)18-13)12-17-11-14-8-6-5-7-9-14/h5-9,13H,10-12H2,1-4H3/t13-,16+/m1/s1. The van der Waals surface area contributed by atoms with Gasteiger partial charge in [0.1, 0.15) is 0 Å². The lowest BCUT2D eigenvalue weighted by atomic mass is 9.97. The van der Waals surface area contributed by atoms with Crippen molar-refractivity contribution in [2.75, 3.05) is 6.61 Å². The predicted molar refractivity (Wildman–Crippen MR) is 74.8 cm³/mol. The summed E-state index contributed by atoms with van der Waals surface area (Å²) in [5.41, 5.74) is 0.904. The van der Waals surface area contributed by atoms with Gasteiger partial charge in [-0.3, -0.25) is 0 Å². The van der Waals surface area contributed by atoms with Crippen molar-refractivity contribution < 1.29 is 14.2 Å². The first-order valence-electron chi connectivity index (χ1n) is 6.88. The van der Waals surface area contributed by atoms with Crippen LogP contribution in [0.1, 0.15) is 39.7 Å². The molecule has 0 saturated carbocycles. The topological polar surface area (TPSA) is 27.7 Å². The minimum absolute atomic E-state index is 0.189. The van der Waals surface area contributed by atoms with Crippen LogP contribution in [0, 0.1) is 0 Å². The maximum Gasteiger partial charge on any atom is 0.163 e. The normalized spacial score (nSPS) is 30.2. The van der Waals surface area contributed by atoms with Crippen molar-refractivity contribution in [1.29, 1.82) is 0 Å². The minimum atomic E-state index is -0.539. The van der Waals surface area contributed by atoms with Crippen molar-refractivity contribution in [3.63, 3.8) is 0 Å². The van der Waals surface area contributed by atoms with E-state index in [9.17, 15) is 0 Å². The van der Waals surface area contributed by atoms with Crippen LogP contribution in [0.3, 0.4) is 0 Å². The Bertz CT molecular complexity index is 402. The van der Waals surface area contributed by atoms with E-state index >= 15 is 0 Å². The summed E-state index contributed by atoms with van der Waals surface area (Å²) in [7, 11) is 0. The SMILES string of the molecule is C[C@@H]1C[C@@](C)(COCc2ccccc2)OC(C)(C)O1. The van der Waals surface area contributed by atoms with Gasteiger partial charge in [0.15, 0.2) is 5.79 Å². The second kappa shape index (κ2) is 5.61. The molecule has 0 radical (unpaired) electrons. The smallest absolute Gasteiger partial charge is 0.163 e. The van der Waals surface area contributed by atoms with Gasteiger partial charge in [-0.15, -0.1) is 0 Å². The zero-order valence-electron chi connectivity index (χ0n) is 12.3. The lowest BCUT2D eigenvalue weighted by Gasteiger charge is -2.45. The molecule has 2 atom stereocenters. The highest BCUT2D eigenvalue weighted by Crippen LogP contribution is 2.34. The van der Waals surface area contributed by atoms with Gasteiger partial charge in [-0.2, -0.15) is 0 Å². The van der Waals surface area contributed by atoms with E-state index in [2.05, 4.69) is 26.0 Å². The van der Waals surface area contributed by atoms with Gasteiger partial charge in [0, 0.05) is 6.42 Å². The summed E-state index contributed by atoms with van der Waals surface area (Å²) < 4.78 is 17.6. The highest BCUT2D eigenvalue weighted by molar-refractivity contribution is 5.13. The van der Waals surface area contributed by atoms with Crippen molar-refractivity contribution in [2.24, 2.45) is 0 Å². The van der Waals surface area contributed by atoms with Crippen LogP contribution in [-0.2, 0) is 20.8 Å². The highest BCUT2D eigenvalue weighted by Gasteiger charge is 2.41. The summed E-state index contributed by atoms with van der Waals surface area (Å²) in [5, 5.41) is 0. The predicted octanol–water partition coefficient (Wildman–Crippen LogP) is 3.52. The van der Waals surface area contributed by atoms with Crippen LogP contribution >= 0.6 is 0 Å². The van der Waals surface area contributed by atoms with E-state index in [1.54, 1.807) is 0 Å². The van der Waals surface area contributed by atoms with Gasteiger partial charge in [-0.1, -0.05) is 30.3 Å². The molecule has 19 heavy (non-hydrogen) atoms. The zero-order chi connectivity index (χ0) is 13.9. The van der Waals surface area contributed by atoms with Gasteiger partial charge >= 0.3 is 0 Å². The van der Waals surface area contributed by atoms with Gasteiger partial charge in [0.2, 0.25) is 0 Å². The fourth-order valence-electron chi connectivity index (χ4n) is 2.84. The van der Waals surface area contributed by atoms with E-state index < -0.39 is 5.79 Å². The Hall–Kier alpha value is -0.900. The molecule has 3 nitrogen and oxygen atoms in total. The van der Waals surface area contributed by atoms with Crippen LogP contribution in [-0.4, -0.2) is 24.1 Å². The molecule has 0 N–H and O–H groups in total. The monoisotopic (exact) mass is 264 g/mol. The zero-order valence-corrected chi connectivity index (χ0v) is 12.3. The highest BCUT2D eigenvalue weighted by atomic mass is 16.7. The summed E-state index contributed by atoms with van der Waals surface area (Å²) in [4.78, 5) is 0. The maximum absolute atomic E-state index is 6.02. The minimum Gasteiger partial charge on any atom is -0.374 e. The Morgan fingerprint density at radius 1 is 1.21 bits per heavy atom. The van der Waals surface area contributed by atoms with Crippen molar-refractivity contribution in [2.45, 2.75) is 58.2 Å². The lowest BCUT2D eigenvalue weighted by Crippen LogP contribution is -2.52. The Kier molecular flexibility index (Phi) is 4.29. The van der Waals surface area contributed by atoms with Crippen molar-refractivity contribution >= 4 is 0 Å². The van der Waals surface area contributed by atoms with Crippen LogP contribution in [0.4, 0.5) is 0 Å². The molecule has 1 saturated heterocycles. The fourth-order valence-corrected chi connectivity index (χ4v) is 2.84. The first kappa shape index (κ1) is 14.5. The molecule has 0 aliphatic carbocycles. The third kappa shape index (κ3) is 4.30. The summed E-state index contributed by atoms with van der Waals surface area (Å²) in [6.45, 7) is 9.29. The van der Waals surface area contributed by atoms with Crippen molar-refractivity contribution in [1.82, 2.24) is 0 Å². The third-order valence-corrected chi connectivity index (χ3v) is 3.22. The molecule has 1 aromatic rings. The lowest BCUT2D eigenvalue weighted by molar-refractivity contribution is -0.334. The molecule has 0 bridgehead atoms. The van der Waals surface area contributed by atoms with Crippen molar-refractivity contribution in [3.8, 4) is 0 Å². The van der Waals surface area contributed by atoms with Crippen molar-refractivity contribution in [3.05, 3.63) is 35.9 Å². The van der Waals surface area contributed by atoms with Gasteiger partial charge in [-0.05, 0) is 33.3 Å². The molecule has 1 aliphatic heterocycles. The van der Waals surface area contributed by atoms with Gasteiger partial charge < -0.3 is 14.2 Å². The van der Waals surface area contributed by atoms with E-state index in [1.807, 2.05) is 32.0 Å². The van der Waals surface area contributed by atoms with Crippen LogP contribution in [0.15, 0.2) is 30.3 Å². The van der Waals surface area contributed by atoms with Gasteiger partial charge in [0.05, 0.1) is 24.9 Å². The molecule has 0 aromatic heterocycles. The summed E-state index contributed by atoms with van der Waals surface area (Å²) in [5.74, 6) is -0.539. The molecule has 106 valence electrons. The third-order valence-electron chi connectivity index (χ3n) is 3.22. The molecule has 0 amide bonds. The van der Waals surface area contributed by atoms with Gasteiger partial charge in [0.25, 0.3) is 0 Å². The summed E-state index contributed by atoms with van der Waals surface area (Å²) in [6, 6.07) is 10.2. The van der Waals surface area contributed by atoms with Crippen LogP contribution in [0.5, 0.6) is 0 Å². The molecule has 1 heterocycles. The van der Waals surface area contributed by atoms with E-state index in [-0.39, 0.29) is 11.7 Å². The van der Waals surface area contributed by atoms with E-state index in [0.29, 0.717) is 13.2 Å². The average molecular weight is 264 g/mol.